The van der Waals surface area contributed by atoms with Crippen LogP contribution in [0, 0.1) is 0 Å². The second-order valence-electron chi connectivity index (χ2n) is 27.0. The molecular weight excluding hydrogens is 1230 g/mol. The minimum Gasteiger partial charge on any atom is -0.462 e. The zero-order chi connectivity index (χ0) is 69.0. The largest absolute Gasteiger partial charge is 0.472 e. The average molecular weight is 1380 g/mol. The van der Waals surface area contributed by atoms with Crippen LogP contribution >= 0.6 is 15.6 Å². The third-order valence-corrected chi connectivity index (χ3v) is 19.5. The van der Waals surface area contributed by atoms with Gasteiger partial charge in [-0.15, -0.1) is 0 Å². The summed E-state index contributed by atoms with van der Waals surface area (Å²) in [6.07, 6.45) is 60.1. The Hall–Kier alpha value is -1.94. The van der Waals surface area contributed by atoms with Crippen molar-refractivity contribution in [3.05, 3.63) is 0 Å². The molecule has 19 heteroatoms. The standard InChI is InChI=1S/C75H146O17P2/c1-5-9-13-17-20-23-26-29-31-33-34-35-36-37-39-41-44-47-50-54-58-62-75(80)92-71(66-86-73(78)60-56-52-48-45-43-40-38-32-30-27-24-21-18-14-10-6-2)68-90-94(83,84)88-64-69(76)63-87-93(81,82)89-67-70(65-85-72(77)59-55-51-16-12-8-4)91-74(79)61-57-53-49-46-42-28-25-22-19-15-11-7-3/h69-71,76H,5-68H2,1-4H3,(H,81,82)(H,83,84)/t69-,70+,71+/m0/s1. The van der Waals surface area contributed by atoms with Crippen molar-refractivity contribution < 1.29 is 80.2 Å². The molecule has 558 valence electrons. The van der Waals surface area contributed by atoms with Crippen LogP contribution in [0.25, 0.3) is 0 Å². The van der Waals surface area contributed by atoms with Crippen molar-refractivity contribution in [3.8, 4) is 0 Å². The quantitative estimate of drug-likeness (QED) is 0.0222. The van der Waals surface area contributed by atoms with Crippen molar-refractivity contribution >= 4 is 39.5 Å². The van der Waals surface area contributed by atoms with Gasteiger partial charge in [-0.05, 0) is 25.7 Å². The highest BCUT2D eigenvalue weighted by Crippen LogP contribution is 2.45. The highest BCUT2D eigenvalue weighted by atomic mass is 31.2. The van der Waals surface area contributed by atoms with Crippen molar-refractivity contribution in [2.45, 2.75) is 418 Å². The average Bonchev–Trinajstić information content (AvgIpc) is 3.67. The molecule has 94 heavy (non-hydrogen) atoms. The smallest absolute Gasteiger partial charge is 0.462 e. The third-order valence-electron chi connectivity index (χ3n) is 17.6. The van der Waals surface area contributed by atoms with Gasteiger partial charge in [0.2, 0.25) is 0 Å². The highest BCUT2D eigenvalue weighted by Gasteiger charge is 2.30. The van der Waals surface area contributed by atoms with E-state index in [1.165, 1.54) is 225 Å². The number of ether oxygens (including phenoxy) is 4. The zero-order valence-electron chi connectivity index (χ0n) is 60.9. The van der Waals surface area contributed by atoms with Gasteiger partial charge in [0.15, 0.2) is 12.2 Å². The summed E-state index contributed by atoms with van der Waals surface area (Å²) in [4.78, 5) is 72.4. The first kappa shape index (κ1) is 92.1. The van der Waals surface area contributed by atoms with Gasteiger partial charge in [0.1, 0.15) is 19.3 Å². The van der Waals surface area contributed by atoms with E-state index in [9.17, 15) is 43.2 Å². The van der Waals surface area contributed by atoms with Gasteiger partial charge < -0.3 is 33.8 Å². The first-order chi connectivity index (χ1) is 45.7. The molecule has 0 aliphatic rings. The van der Waals surface area contributed by atoms with E-state index in [1.54, 1.807) is 0 Å². The van der Waals surface area contributed by atoms with E-state index in [0.717, 1.165) is 96.3 Å². The van der Waals surface area contributed by atoms with Gasteiger partial charge in [-0.25, -0.2) is 9.13 Å². The van der Waals surface area contributed by atoms with Crippen LogP contribution in [0.2, 0.25) is 0 Å². The Balaban J connectivity index is 5.12. The lowest BCUT2D eigenvalue weighted by Crippen LogP contribution is -2.30. The van der Waals surface area contributed by atoms with Crippen molar-refractivity contribution in [2.24, 2.45) is 0 Å². The normalized spacial score (nSPS) is 13.9. The van der Waals surface area contributed by atoms with Gasteiger partial charge in [-0.1, -0.05) is 349 Å². The first-order valence-corrected chi connectivity index (χ1v) is 42.3. The maximum Gasteiger partial charge on any atom is 0.472 e. The van der Waals surface area contributed by atoms with Gasteiger partial charge in [0.25, 0.3) is 0 Å². The van der Waals surface area contributed by atoms with Crippen LogP contribution in [0.1, 0.15) is 400 Å². The number of aliphatic hydroxyl groups is 1. The van der Waals surface area contributed by atoms with Crippen LogP contribution in [0.4, 0.5) is 0 Å². The van der Waals surface area contributed by atoms with E-state index in [0.29, 0.717) is 25.7 Å². The molecule has 0 heterocycles. The number of rotatable bonds is 76. The van der Waals surface area contributed by atoms with Gasteiger partial charge >= 0.3 is 39.5 Å². The fraction of sp³-hybridized carbons (Fsp3) is 0.947. The van der Waals surface area contributed by atoms with Crippen LogP contribution in [-0.2, 0) is 65.4 Å². The Labute approximate surface area is 575 Å². The molecule has 0 aromatic rings. The maximum atomic E-state index is 13.1. The topological polar surface area (TPSA) is 237 Å². The lowest BCUT2D eigenvalue weighted by molar-refractivity contribution is -0.161. The van der Waals surface area contributed by atoms with Crippen molar-refractivity contribution in [2.75, 3.05) is 39.6 Å². The molecule has 3 N–H and O–H groups in total. The molecule has 0 spiro atoms. The fourth-order valence-corrected chi connectivity index (χ4v) is 13.2. The Kier molecular flexibility index (Phi) is 68.1. The summed E-state index contributed by atoms with van der Waals surface area (Å²) in [6, 6.07) is 0. The Bertz CT molecular complexity index is 1790. The second kappa shape index (κ2) is 69.5. The zero-order valence-corrected chi connectivity index (χ0v) is 62.7. The summed E-state index contributed by atoms with van der Waals surface area (Å²) in [5.74, 6) is -2.13. The monoisotopic (exact) mass is 1380 g/mol. The molecule has 5 atom stereocenters. The molecule has 17 nitrogen and oxygen atoms in total. The summed E-state index contributed by atoms with van der Waals surface area (Å²) in [5, 5.41) is 10.6. The summed E-state index contributed by atoms with van der Waals surface area (Å²) >= 11 is 0. The minimum atomic E-state index is -4.95. The van der Waals surface area contributed by atoms with Crippen molar-refractivity contribution in [1.82, 2.24) is 0 Å². The van der Waals surface area contributed by atoms with E-state index < -0.39 is 97.5 Å². The number of phosphoric ester groups is 2. The molecule has 0 rings (SSSR count). The number of esters is 4. The van der Waals surface area contributed by atoms with E-state index in [2.05, 4.69) is 27.7 Å². The minimum absolute atomic E-state index is 0.107. The molecular formula is C75H146O17P2. The van der Waals surface area contributed by atoms with E-state index in [1.807, 2.05) is 0 Å². The van der Waals surface area contributed by atoms with Gasteiger partial charge in [0, 0.05) is 25.7 Å². The number of phosphoric acid groups is 2. The molecule has 0 aliphatic carbocycles. The molecule has 0 fully saturated rings. The van der Waals surface area contributed by atoms with Crippen molar-refractivity contribution in [3.63, 3.8) is 0 Å². The molecule has 2 unspecified atom stereocenters. The van der Waals surface area contributed by atoms with E-state index >= 15 is 0 Å². The number of carbonyl (C=O) groups is 4. The van der Waals surface area contributed by atoms with E-state index in [4.69, 9.17) is 37.0 Å². The molecule has 0 saturated carbocycles. The molecule has 0 saturated heterocycles. The van der Waals surface area contributed by atoms with Gasteiger partial charge in [-0.2, -0.15) is 0 Å². The van der Waals surface area contributed by atoms with Crippen LogP contribution in [-0.4, -0.2) is 96.7 Å². The SMILES string of the molecule is CCCCCCCCCCCCCCCCCCCCCCCC(=O)O[C@H](COC(=O)CCCCCCCCCCCCCCCCCC)COP(=O)(O)OC[C@@H](O)COP(=O)(O)OC[C@@H](COC(=O)CCCCCCC)OC(=O)CCCCCCCCCCCCCC. The fourth-order valence-electron chi connectivity index (χ4n) is 11.6. The lowest BCUT2D eigenvalue weighted by atomic mass is 10.0. The van der Waals surface area contributed by atoms with E-state index in [-0.39, 0.29) is 25.7 Å². The molecule has 0 amide bonds. The number of unbranched alkanes of at least 4 members (excludes halogenated alkanes) is 50. The molecule has 0 aromatic carbocycles. The lowest BCUT2D eigenvalue weighted by Gasteiger charge is -2.21. The Morgan fingerprint density at radius 3 is 0.628 bits per heavy atom. The Morgan fingerprint density at radius 1 is 0.255 bits per heavy atom. The number of carbonyl (C=O) groups excluding carboxylic acids is 4. The number of hydrogen-bond acceptors (Lipinski definition) is 15. The molecule has 0 aliphatic heterocycles. The van der Waals surface area contributed by atoms with Gasteiger partial charge in [0.05, 0.1) is 26.4 Å². The number of aliphatic hydroxyl groups excluding tert-OH is 1. The summed E-state index contributed by atoms with van der Waals surface area (Å²) in [5.41, 5.74) is 0. The van der Waals surface area contributed by atoms with Crippen LogP contribution in [0.3, 0.4) is 0 Å². The van der Waals surface area contributed by atoms with Crippen LogP contribution in [0.15, 0.2) is 0 Å². The summed E-state index contributed by atoms with van der Waals surface area (Å²) in [7, 11) is -9.90. The van der Waals surface area contributed by atoms with Crippen LogP contribution in [0.5, 0.6) is 0 Å². The first-order valence-electron chi connectivity index (χ1n) is 39.3. The highest BCUT2D eigenvalue weighted by molar-refractivity contribution is 7.47. The summed E-state index contributed by atoms with van der Waals surface area (Å²) in [6.45, 7) is 4.89. The number of hydrogen-bond donors (Lipinski definition) is 3. The third kappa shape index (κ3) is 68.6. The predicted octanol–water partition coefficient (Wildman–Crippen LogP) is 22.2. The molecule has 0 radical (unpaired) electrons. The van der Waals surface area contributed by atoms with Crippen molar-refractivity contribution in [1.29, 1.82) is 0 Å². The predicted molar refractivity (Wildman–Crippen MR) is 382 cm³/mol. The maximum absolute atomic E-state index is 13.1. The Morgan fingerprint density at radius 2 is 0.426 bits per heavy atom. The van der Waals surface area contributed by atoms with Gasteiger partial charge in [-0.3, -0.25) is 37.3 Å². The summed E-state index contributed by atoms with van der Waals surface area (Å²) < 4.78 is 68.2. The molecule has 0 aromatic heterocycles. The second-order valence-corrected chi connectivity index (χ2v) is 29.9. The molecule has 0 bridgehead atoms. The van der Waals surface area contributed by atoms with Crippen LogP contribution < -0.4 is 0 Å².